The highest BCUT2D eigenvalue weighted by Crippen LogP contribution is 2.24. The number of ether oxygens (including phenoxy) is 2. The molecule has 0 amide bonds. The zero-order valence-electron chi connectivity index (χ0n) is 11.1. The van der Waals surface area contributed by atoms with E-state index >= 15 is 0 Å². The van der Waals surface area contributed by atoms with E-state index in [9.17, 15) is 0 Å². The summed E-state index contributed by atoms with van der Waals surface area (Å²) in [5.41, 5.74) is 1.26. The molecule has 0 radical (unpaired) electrons. The van der Waals surface area contributed by atoms with Gasteiger partial charge in [-0.15, -0.1) is 0 Å². The van der Waals surface area contributed by atoms with Crippen LogP contribution in [-0.2, 0) is 13.7 Å². The van der Waals surface area contributed by atoms with E-state index in [1.807, 2.05) is 13.8 Å². The molecule has 100 valence electrons. The SMILES string of the molecule is Cc1ccc(SOCC2COC(C)(C)OC2)cc1. The molecular weight excluding hydrogens is 248 g/mol. The fourth-order valence-electron chi connectivity index (χ4n) is 1.62. The molecule has 1 fully saturated rings. The average Bonchev–Trinajstić information content (AvgIpc) is 2.34. The van der Waals surface area contributed by atoms with Gasteiger partial charge in [0.25, 0.3) is 0 Å². The van der Waals surface area contributed by atoms with Gasteiger partial charge in [0.15, 0.2) is 5.79 Å². The smallest absolute Gasteiger partial charge is 0.162 e. The molecule has 0 bridgehead atoms. The highest BCUT2D eigenvalue weighted by Gasteiger charge is 2.28. The van der Waals surface area contributed by atoms with Gasteiger partial charge in [-0.1, -0.05) is 17.7 Å². The van der Waals surface area contributed by atoms with E-state index in [2.05, 4.69) is 31.2 Å². The van der Waals surface area contributed by atoms with Crippen LogP contribution in [0.3, 0.4) is 0 Å². The van der Waals surface area contributed by atoms with Crippen molar-refractivity contribution in [3.63, 3.8) is 0 Å². The molecule has 1 aromatic rings. The standard InChI is InChI=1S/C14H20O3S/c1-11-4-6-13(7-5-11)18-17-10-12-8-15-14(2,3)16-9-12/h4-7,12H,8-10H2,1-3H3. The Hall–Kier alpha value is -0.550. The second kappa shape index (κ2) is 6.06. The largest absolute Gasteiger partial charge is 0.350 e. The van der Waals surface area contributed by atoms with Gasteiger partial charge >= 0.3 is 0 Å². The third-order valence-corrected chi connectivity index (χ3v) is 3.53. The molecule has 0 N–H and O–H groups in total. The summed E-state index contributed by atoms with van der Waals surface area (Å²) in [5, 5.41) is 0. The van der Waals surface area contributed by atoms with Crippen LogP contribution in [0.2, 0.25) is 0 Å². The minimum absolute atomic E-state index is 0.316. The molecular formula is C14H20O3S. The molecule has 1 heterocycles. The van der Waals surface area contributed by atoms with Crippen molar-refractivity contribution in [2.24, 2.45) is 5.92 Å². The van der Waals surface area contributed by atoms with Crippen molar-refractivity contribution in [2.75, 3.05) is 19.8 Å². The number of hydrogen-bond donors (Lipinski definition) is 0. The number of rotatable bonds is 4. The predicted octanol–water partition coefficient (Wildman–Crippen LogP) is 3.42. The lowest BCUT2D eigenvalue weighted by Gasteiger charge is -2.34. The summed E-state index contributed by atoms with van der Waals surface area (Å²) in [7, 11) is 0. The molecule has 3 nitrogen and oxygen atoms in total. The molecule has 0 spiro atoms. The lowest BCUT2D eigenvalue weighted by atomic mass is 10.1. The first kappa shape index (κ1) is 13.9. The van der Waals surface area contributed by atoms with E-state index in [1.165, 1.54) is 17.6 Å². The van der Waals surface area contributed by atoms with Gasteiger partial charge in [-0.2, -0.15) is 0 Å². The molecule has 4 heteroatoms. The van der Waals surface area contributed by atoms with Crippen LogP contribution in [-0.4, -0.2) is 25.6 Å². The summed E-state index contributed by atoms with van der Waals surface area (Å²) in [4.78, 5) is 1.12. The lowest BCUT2D eigenvalue weighted by Crippen LogP contribution is -2.40. The Morgan fingerprint density at radius 1 is 1.22 bits per heavy atom. The highest BCUT2D eigenvalue weighted by atomic mass is 32.2. The zero-order chi connectivity index (χ0) is 13.0. The maximum Gasteiger partial charge on any atom is 0.162 e. The number of aryl methyl sites for hydroxylation is 1. The third-order valence-electron chi connectivity index (χ3n) is 2.81. The van der Waals surface area contributed by atoms with Gasteiger partial charge in [0.05, 0.1) is 19.8 Å². The molecule has 0 aliphatic carbocycles. The first-order valence-electron chi connectivity index (χ1n) is 6.19. The van der Waals surface area contributed by atoms with Crippen molar-refractivity contribution in [2.45, 2.75) is 31.5 Å². The normalized spacial score (nSPS) is 19.9. The van der Waals surface area contributed by atoms with Crippen LogP contribution >= 0.6 is 12.0 Å². The van der Waals surface area contributed by atoms with Crippen molar-refractivity contribution in [1.29, 1.82) is 0 Å². The fourth-order valence-corrected chi connectivity index (χ4v) is 2.26. The van der Waals surface area contributed by atoms with E-state index in [4.69, 9.17) is 13.7 Å². The van der Waals surface area contributed by atoms with Crippen LogP contribution in [0.1, 0.15) is 19.4 Å². The minimum atomic E-state index is -0.444. The van der Waals surface area contributed by atoms with Gasteiger partial charge in [0, 0.05) is 22.9 Å². The van der Waals surface area contributed by atoms with Crippen molar-refractivity contribution in [1.82, 2.24) is 0 Å². The Labute approximate surface area is 113 Å². The zero-order valence-corrected chi connectivity index (χ0v) is 12.0. The van der Waals surface area contributed by atoms with Gasteiger partial charge in [-0.3, -0.25) is 0 Å². The van der Waals surface area contributed by atoms with Crippen molar-refractivity contribution >= 4 is 12.0 Å². The summed E-state index contributed by atoms with van der Waals surface area (Å²) >= 11 is 1.41. The molecule has 0 unspecified atom stereocenters. The maximum atomic E-state index is 5.62. The summed E-state index contributed by atoms with van der Waals surface area (Å²) in [6, 6.07) is 8.30. The van der Waals surface area contributed by atoms with Crippen LogP contribution in [0, 0.1) is 12.8 Å². The highest BCUT2D eigenvalue weighted by molar-refractivity contribution is 7.94. The summed E-state index contributed by atoms with van der Waals surface area (Å²) in [6.45, 7) is 7.99. The second-order valence-corrected chi connectivity index (χ2v) is 5.94. The van der Waals surface area contributed by atoms with E-state index in [0.29, 0.717) is 25.7 Å². The molecule has 0 atom stereocenters. The minimum Gasteiger partial charge on any atom is -0.350 e. The van der Waals surface area contributed by atoms with E-state index < -0.39 is 5.79 Å². The quantitative estimate of drug-likeness (QED) is 0.782. The molecule has 0 saturated carbocycles. The molecule has 2 rings (SSSR count). The van der Waals surface area contributed by atoms with Gasteiger partial charge in [-0.05, 0) is 32.9 Å². The predicted molar refractivity (Wildman–Crippen MR) is 72.5 cm³/mol. The third kappa shape index (κ3) is 4.28. The first-order chi connectivity index (χ1) is 8.55. The number of hydrogen-bond acceptors (Lipinski definition) is 4. The molecule has 18 heavy (non-hydrogen) atoms. The maximum absolute atomic E-state index is 5.62. The molecule has 1 aromatic carbocycles. The molecule has 1 aliphatic heterocycles. The van der Waals surface area contributed by atoms with Gasteiger partial charge < -0.3 is 13.7 Å². The fraction of sp³-hybridized carbons (Fsp3) is 0.571. The van der Waals surface area contributed by atoms with Crippen molar-refractivity contribution in [3.8, 4) is 0 Å². The van der Waals surface area contributed by atoms with Crippen LogP contribution < -0.4 is 0 Å². The monoisotopic (exact) mass is 268 g/mol. The molecule has 0 aromatic heterocycles. The summed E-state index contributed by atoms with van der Waals surface area (Å²) in [6.07, 6.45) is 0. The summed E-state index contributed by atoms with van der Waals surface area (Å²) in [5.74, 6) is -0.128. The van der Waals surface area contributed by atoms with Crippen LogP contribution in [0.25, 0.3) is 0 Å². The van der Waals surface area contributed by atoms with Crippen LogP contribution in [0.4, 0.5) is 0 Å². The van der Waals surface area contributed by atoms with Crippen molar-refractivity contribution in [3.05, 3.63) is 29.8 Å². The Kier molecular flexibility index (Phi) is 4.67. The molecule has 1 aliphatic rings. The topological polar surface area (TPSA) is 27.7 Å². The lowest BCUT2D eigenvalue weighted by molar-refractivity contribution is -0.264. The Bertz CT molecular complexity index is 365. The molecule has 1 saturated heterocycles. The van der Waals surface area contributed by atoms with Gasteiger partial charge in [-0.25, -0.2) is 0 Å². The number of benzene rings is 1. The summed E-state index contributed by atoms with van der Waals surface area (Å²) < 4.78 is 16.8. The average molecular weight is 268 g/mol. The van der Waals surface area contributed by atoms with E-state index in [0.717, 1.165) is 4.90 Å². The Morgan fingerprint density at radius 2 is 1.83 bits per heavy atom. The van der Waals surface area contributed by atoms with Crippen LogP contribution in [0.15, 0.2) is 29.2 Å². The van der Waals surface area contributed by atoms with Gasteiger partial charge in [0.1, 0.15) is 0 Å². The van der Waals surface area contributed by atoms with Crippen LogP contribution in [0.5, 0.6) is 0 Å². The van der Waals surface area contributed by atoms with E-state index in [-0.39, 0.29) is 0 Å². The Balaban J connectivity index is 1.68. The Morgan fingerprint density at radius 3 is 2.44 bits per heavy atom. The van der Waals surface area contributed by atoms with Gasteiger partial charge in [0.2, 0.25) is 0 Å². The van der Waals surface area contributed by atoms with Crippen molar-refractivity contribution < 1.29 is 13.7 Å². The first-order valence-corrected chi connectivity index (χ1v) is 6.93. The van der Waals surface area contributed by atoms with E-state index in [1.54, 1.807) is 0 Å². The second-order valence-electron chi connectivity index (χ2n) is 5.07.